The van der Waals surface area contributed by atoms with E-state index in [0.717, 1.165) is 25.4 Å². The van der Waals surface area contributed by atoms with Crippen molar-refractivity contribution in [2.45, 2.75) is 19.6 Å². The minimum absolute atomic E-state index is 0.383. The minimum atomic E-state index is 0.383. The van der Waals surface area contributed by atoms with Crippen LogP contribution < -0.4 is 0 Å². The Morgan fingerprint density at radius 1 is 1.12 bits per heavy atom. The van der Waals surface area contributed by atoms with E-state index in [1.165, 1.54) is 31.6 Å². The third kappa shape index (κ3) is 3.98. The molecular weight excluding hydrogens is 322 g/mol. The average Bonchev–Trinajstić information content (AvgIpc) is 3.20. The number of aromatic nitrogens is 1. The van der Waals surface area contributed by atoms with Gasteiger partial charge in [-0.15, -0.1) is 0 Å². The van der Waals surface area contributed by atoms with E-state index in [1.54, 1.807) is 0 Å². The molecule has 4 heteroatoms. The van der Waals surface area contributed by atoms with Crippen molar-refractivity contribution in [2.24, 2.45) is 11.3 Å². The van der Waals surface area contributed by atoms with E-state index >= 15 is 0 Å². The molecule has 0 unspecified atom stereocenters. The molecule has 2 aliphatic rings. The summed E-state index contributed by atoms with van der Waals surface area (Å²) in [7, 11) is 2.25. The molecular formula is C22H29N3O. The molecule has 2 fully saturated rings. The van der Waals surface area contributed by atoms with Crippen LogP contribution in [0.25, 0.3) is 0 Å². The van der Waals surface area contributed by atoms with Crippen molar-refractivity contribution in [3.8, 4) is 0 Å². The molecule has 2 atom stereocenters. The summed E-state index contributed by atoms with van der Waals surface area (Å²) in [6, 6.07) is 16.8. The first-order valence-electron chi connectivity index (χ1n) is 9.66. The zero-order valence-electron chi connectivity index (χ0n) is 15.7. The highest BCUT2D eigenvalue weighted by molar-refractivity contribution is 5.15. The summed E-state index contributed by atoms with van der Waals surface area (Å²) in [6.45, 7) is 7.22. The topological polar surface area (TPSA) is 28.6 Å². The van der Waals surface area contributed by atoms with Gasteiger partial charge in [0.1, 0.15) is 0 Å². The summed E-state index contributed by atoms with van der Waals surface area (Å²) in [5.74, 6) is 0.608. The second kappa shape index (κ2) is 7.87. The lowest BCUT2D eigenvalue weighted by Gasteiger charge is -2.30. The molecule has 0 saturated carbocycles. The lowest BCUT2D eigenvalue weighted by Crippen LogP contribution is -2.36. The van der Waals surface area contributed by atoms with E-state index in [9.17, 15) is 0 Å². The number of hydrogen-bond donors (Lipinski definition) is 0. The SMILES string of the molecule is CN1C[C@@H](COCc2ccccn2)[C@]2(CCN(Cc3ccccc3)C2)C1. The first kappa shape index (κ1) is 17.7. The van der Waals surface area contributed by atoms with Crippen LogP contribution in [0.5, 0.6) is 0 Å². The first-order chi connectivity index (χ1) is 12.7. The van der Waals surface area contributed by atoms with E-state index in [0.29, 0.717) is 17.9 Å². The number of benzene rings is 1. The summed E-state index contributed by atoms with van der Waals surface area (Å²) in [4.78, 5) is 9.47. The molecule has 2 aliphatic heterocycles. The van der Waals surface area contributed by atoms with Crippen LogP contribution in [0.2, 0.25) is 0 Å². The van der Waals surface area contributed by atoms with Crippen LogP contribution in [-0.4, -0.2) is 54.6 Å². The van der Waals surface area contributed by atoms with Crippen LogP contribution in [0.1, 0.15) is 17.7 Å². The zero-order valence-corrected chi connectivity index (χ0v) is 15.7. The van der Waals surface area contributed by atoms with E-state index in [2.05, 4.69) is 52.2 Å². The van der Waals surface area contributed by atoms with Crippen LogP contribution in [0.15, 0.2) is 54.7 Å². The lowest BCUT2D eigenvalue weighted by molar-refractivity contribution is 0.0501. The molecule has 26 heavy (non-hydrogen) atoms. The Hall–Kier alpha value is -1.75. The number of pyridine rings is 1. The van der Waals surface area contributed by atoms with Gasteiger partial charge in [-0.2, -0.15) is 0 Å². The Morgan fingerprint density at radius 2 is 1.96 bits per heavy atom. The molecule has 4 rings (SSSR count). The molecule has 3 heterocycles. The van der Waals surface area contributed by atoms with Crippen molar-refractivity contribution in [1.82, 2.24) is 14.8 Å². The molecule has 0 aliphatic carbocycles. The summed E-state index contributed by atoms with van der Waals surface area (Å²) >= 11 is 0. The smallest absolute Gasteiger partial charge is 0.0887 e. The molecule has 0 radical (unpaired) electrons. The fourth-order valence-corrected chi connectivity index (χ4v) is 4.74. The average molecular weight is 351 g/mol. The maximum absolute atomic E-state index is 6.08. The predicted octanol–water partition coefficient (Wildman–Crippen LogP) is 3.05. The largest absolute Gasteiger partial charge is 0.375 e. The maximum atomic E-state index is 6.08. The molecule has 4 nitrogen and oxygen atoms in total. The molecule has 2 aromatic rings. The van der Waals surface area contributed by atoms with E-state index < -0.39 is 0 Å². The molecule has 2 saturated heterocycles. The van der Waals surface area contributed by atoms with Crippen molar-refractivity contribution in [3.05, 3.63) is 66.0 Å². The predicted molar refractivity (Wildman–Crippen MR) is 104 cm³/mol. The number of rotatable bonds is 6. The Morgan fingerprint density at radius 3 is 2.77 bits per heavy atom. The van der Waals surface area contributed by atoms with E-state index in [-0.39, 0.29) is 0 Å². The second-order valence-electron chi connectivity index (χ2n) is 8.04. The highest BCUT2D eigenvalue weighted by atomic mass is 16.5. The molecule has 1 aromatic heterocycles. The van der Waals surface area contributed by atoms with Gasteiger partial charge >= 0.3 is 0 Å². The fraction of sp³-hybridized carbons (Fsp3) is 0.500. The maximum Gasteiger partial charge on any atom is 0.0887 e. The van der Waals surface area contributed by atoms with E-state index in [4.69, 9.17) is 4.74 Å². The summed E-state index contributed by atoms with van der Waals surface area (Å²) < 4.78 is 6.08. The van der Waals surface area contributed by atoms with Gasteiger partial charge in [0.25, 0.3) is 0 Å². The summed E-state index contributed by atoms with van der Waals surface area (Å²) in [5.41, 5.74) is 2.82. The third-order valence-electron chi connectivity index (χ3n) is 5.99. The van der Waals surface area contributed by atoms with Gasteiger partial charge in [-0.05, 0) is 37.7 Å². The van der Waals surface area contributed by atoms with Crippen LogP contribution in [-0.2, 0) is 17.9 Å². The van der Waals surface area contributed by atoms with E-state index in [1.807, 2.05) is 24.4 Å². The van der Waals surface area contributed by atoms with Crippen LogP contribution >= 0.6 is 0 Å². The van der Waals surface area contributed by atoms with Gasteiger partial charge in [0, 0.05) is 43.7 Å². The van der Waals surface area contributed by atoms with Crippen molar-refractivity contribution in [3.63, 3.8) is 0 Å². The Balaban J connectivity index is 1.35. The molecule has 0 bridgehead atoms. The lowest BCUT2D eigenvalue weighted by atomic mass is 9.77. The number of ether oxygens (including phenoxy) is 1. The Kier molecular flexibility index (Phi) is 5.34. The standard InChI is InChI=1S/C22H29N3O/c1-24-14-20(15-26-16-21-9-5-6-11-23-21)22(17-24)10-12-25(18-22)13-19-7-3-2-4-8-19/h2-9,11,20H,10,12-18H2,1H3/t20-,22+/m0/s1. The summed E-state index contributed by atoms with van der Waals surface area (Å²) in [5, 5.41) is 0. The molecule has 1 spiro atoms. The van der Waals surface area contributed by atoms with Gasteiger partial charge in [0.05, 0.1) is 18.9 Å². The number of nitrogens with zero attached hydrogens (tertiary/aromatic N) is 3. The number of likely N-dealkylation sites (tertiary alicyclic amines) is 2. The first-order valence-corrected chi connectivity index (χ1v) is 9.66. The van der Waals surface area contributed by atoms with Crippen LogP contribution in [0, 0.1) is 11.3 Å². The van der Waals surface area contributed by atoms with Crippen LogP contribution in [0.3, 0.4) is 0 Å². The quantitative estimate of drug-likeness (QED) is 0.800. The zero-order chi connectivity index (χ0) is 17.8. The third-order valence-corrected chi connectivity index (χ3v) is 5.99. The van der Waals surface area contributed by atoms with Crippen molar-refractivity contribution in [1.29, 1.82) is 0 Å². The fourth-order valence-electron chi connectivity index (χ4n) is 4.74. The Labute approximate surface area is 156 Å². The molecule has 1 aromatic carbocycles. The monoisotopic (exact) mass is 351 g/mol. The highest BCUT2D eigenvalue weighted by Crippen LogP contribution is 2.43. The molecule has 138 valence electrons. The number of hydrogen-bond acceptors (Lipinski definition) is 4. The van der Waals surface area contributed by atoms with Crippen molar-refractivity contribution >= 4 is 0 Å². The van der Waals surface area contributed by atoms with Crippen molar-refractivity contribution < 1.29 is 4.74 Å². The van der Waals surface area contributed by atoms with Gasteiger partial charge < -0.3 is 9.64 Å². The Bertz CT molecular complexity index is 693. The van der Waals surface area contributed by atoms with Crippen LogP contribution in [0.4, 0.5) is 0 Å². The van der Waals surface area contributed by atoms with Crippen molar-refractivity contribution in [2.75, 3.05) is 39.8 Å². The highest BCUT2D eigenvalue weighted by Gasteiger charge is 2.49. The van der Waals surface area contributed by atoms with Gasteiger partial charge in [0.2, 0.25) is 0 Å². The summed E-state index contributed by atoms with van der Waals surface area (Å²) in [6.07, 6.45) is 3.11. The van der Waals surface area contributed by atoms with Gasteiger partial charge in [-0.1, -0.05) is 36.4 Å². The second-order valence-corrected chi connectivity index (χ2v) is 8.04. The van der Waals surface area contributed by atoms with Gasteiger partial charge in [-0.25, -0.2) is 0 Å². The van der Waals surface area contributed by atoms with Gasteiger partial charge in [-0.3, -0.25) is 9.88 Å². The van der Waals surface area contributed by atoms with Gasteiger partial charge in [0.15, 0.2) is 0 Å². The molecule has 0 N–H and O–H groups in total. The molecule has 0 amide bonds. The minimum Gasteiger partial charge on any atom is -0.375 e. The normalized spacial score (nSPS) is 26.7.